The summed E-state index contributed by atoms with van der Waals surface area (Å²) >= 11 is 0. The molecule has 2 fully saturated rings. The second kappa shape index (κ2) is 28.4. The number of imidazole rings is 1. The first kappa shape index (κ1) is 59.3. The summed E-state index contributed by atoms with van der Waals surface area (Å²) in [6.07, 6.45) is 4.66. The SMILES string of the molecule is CC(=O)[C@@H]1CSSC[C@H](NC(=O)CN2C(=O)N[C@@H](CC(C)C)C2=O)C(=O)N[C@H](C)C(=O)N[C@@H](Cc2cnc[nH]2)C(=O)N[C@H](Cc2ccccc2)C(=O)N[C@@H](CCCNC(=N)N)C(=O)N[C@@H](Cc2c[nH]c3ccccc23)C(=O)N1. The van der Waals surface area contributed by atoms with E-state index < -0.39 is 114 Å². The van der Waals surface area contributed by atoms with E-state index in [1.54, 1.807) is 36.5 Å². The van der Waals surface area contributed by atoms with Crippen LogP contribution in [0.5, 0.6) is 0 Å². The van der Waals surface area contributed by atoms with Crippen molar-refractivity contribution in [3.63, 3.8) is 0 Å². The fraction of sp³-hybridized carbons (Fsp3) is 0.451. The van der Waals surface area contributed by atoms with Gasteiger partial charge in [-0.15, -0.1) is 0 Å². The Morgan fingerprint density at radius 1 is 0.744 bits per heavy atom. The minimum absolute atomic E-state index is 0.0384. The van der Waals surface area contributed by atoms with E-state index in [1.807, 2.05) is 38.1 Å². The van der Waals surface area contributed by atoms with Gasteiger partial charge in [0.15, 0.2) is 11.7 Å². The molecule has 2 aliphatic heterocycles. The van der Waals surface area contributed by atoms with E-state index in [-0.39, 0.29) is 62.0 Å². The number of aromatic amines is 2. The van der Waals surface area contributed by atoms with Crippen molar-refractivity contribution in [3.8, 4) is 0 Å². The van der Waals surface area contributed by atoms with Crippen LogP contribution in [-0.2, 0) is 62.4 Å². The van der Waals surface area contributed by atoms with Crippen LogP contribution in [0.2, 0.25) is 0 Å². The second-order valence-electron chi connectivity index (χ2n) is 19.4. The number of ketones is 1. The summed E-state index contributed by atoms with van der Waals surface area (Å²) in [6.45, 7) is 5.77. The number of hydrogen-bond acceptors (Lipinski definition) is 14. The standard InChI is InChI=1S/C51H67N15O10S2/c1-27(2)17-39-49(75)66(51(76)65-39)23-42(68)59-41-25-78-77-24-40(29(4)67)64-46(72)37(19-31-21-56-34-14-9-8-13-33(31)34)63-44(70)35(15-10-16-55-50(52)53)60-45(71)36(18-30-11-6-5-7-12-30)62-47(73)38(20-32-22-54-26-57-32)61-43(69)28(3)58-48(41)74/h5-9,11-14,21-22,26-28,35-41,56H,10,15-20,23-25H2,1-4H3,(H,54,57)(H,58,74)(H,59,68)(H,60,71)(H,61,69)(H,62,73)(H,63,70)(H,64,72)(H,65,76)(H4,52,53,55)/t28-,35+,36-,37+,38+,39+,40+,41+/m1/s1. The molecule has 25 nitrogen and oxygen atoms in total. The molecule has 8 atom stereocenters. The van der Waals surface area contributed by atoms with Crippen molar-refractivity contribution in [2.75, 3.05) is 24.6 Å². The van der Waals surface area contributed by atoms with Crippen LogP contribution < -0.4 is 53.6 Å². The Hall–Kier alpha value is -7.94. The van der Waals surface area contributed by atoms with Gasteiger partial charge in [0.05, 0.1) is 12.4 Å². The Balaban J connectivity index is 1.35. The molecule has 10 amide bonds. The van der Waals surface area contributed by atoms with E-state index in [4.69, 9.17) is 11.1 Å². The van der Waals surface area contributed by atoms with Gasteiger partial charge in [0.2, 0.25) is 41.4 Å². The van der Waals surface area contributed by atoms with Gasteiger partial charge in [-0.2, -0.15) is 0 Å². The minimum Gasteiger partial charge on any atom is -0.370 e. The molecule has 27 heteroatoms. The lowest BCUT2D eigenvalue weighted by Gasteiger charge is -2.27. The Morgan fingerprint density at radius 2 is 1.37 bits per heavy atom. The molecular formula is C51H67N15O10S2. The fourth-order valence-corrected chi connectivity index (χ4v) is 11.0. The number of imide groups is 1. The summed E-state index contributed by atoms with van der Waals surface area (Å²) in [5.74, 6) is -7.33. The minimum atomic E-state index is -1.41. The molecule has 0 unspecified atom stereocenters. The van der Waals surface area contributed by atoms with E-state index in [2.05, 4.69) is 62.8 Å². The Morgan fingerprint density at radius 3 is 2.05 bits per heavy atom. The number of carbonyl (C=O) groups is 10. The quantitative estimate of drug-likeness (QED) is 0.0222. The van der Waals surface area contributed by atoms with E-state index in [9.17, 15) is 47.9 Å². The van der Waals surface area contributed by atoms with Crippen molar-refractivity contribution >= 4 is 97.5 Å². The third-order valence-corrected chi connectivity index (χ3v) is 15.2. The number of aromatic nitrogens is 3. The topological polar surface area (TPSA) is 377 Å². The molecule has 6 rings (SSSR count). The van der Waals surface area contributed by atoms with Gasteiger partial charge in [0, 0.05) is 66.3 Å². The maximum Gasteiger partial charge on any atom is 0.325 e. The highest BCUT2D eigenvalue weighted by molar-refractivity contribution is 8.76. The van der Waals surface area contributed by atoms with Crippen LogP contribution in [0.1, 0.15) is 63.8 Å². The Labute approximate surface area is 457 Å². The molecule has 4 heterocycles. The van der Waals surface area contributed by atoms with Crippen molar-refractivity contribution in [3.05, 3.63) is 90.1 Å². The molecule has 14 N–H and O–H groups in total. The number of benzene rings is 2. The largest absolute Gasteiger partial charge is 0.370 e. The van der Waals surface area contributed by atoms with Crippen molar-refractivity contribution < 1.29 is 47.9 Å². The number of guanidine groups is 1. The number of para-hydroxylation sites is 1. The summed E-state index contributed by atoms with van der Waals surface area (Å²) in [5.41, 5.74) is 7.97. The van der Waals surface area contributed by atoms with Crippen LogP contribution in [0.4, 0.5) is 4.79 Å². The highest BCUT2D eigenvalue weighted by atomic mass is 33.1. The van der Waals surface area contributed by atoms with Crippen molar-refractivity contribution in [2.24, 2.45) is 11.7 Å². The molecule has 418 valence electrons. The number of nitrogens with zero attached hydrogens (tertiary/aromatic N) is 2. The number of carbonyl (C=O) groups excluding carboxylic acids is 10. The maximum absolute atomic E-state index is 14.7. The van der Waals surface area contributed by atoms with Crippen LogP contribution in [0, 0.1) is 11.3 Å². The van der Waals surface area contributed by atoms with Crippen LogP contribution in [-0.4, -0.2) is 158 Å². The number of hydrogen-bond donors (Lipinski definition) is 13. The number of H-pyrrole nitrogens is 2. The molecule has 0 spiro atoms. The number of urea groups is 1. The monoisotopic (exact) mass is 1110 g/mol. The van der Waals surface area contributed by atoms with Crippen molar-refractivity contribution in [2.45, 2.75) is 115 Å². The van der Waals surface area contributed by atoms with Gasteiger partial charge in [-0.05, 0) is 56.2 Å². The van der Waals surface area contributed by atoms with Crippen LogP contribution in [0.3, 0.4) is 0 Å². The van der Waals surface area contributed by atoms with Crippen LogP contribution in [0.15, 0.2) is 73.3 Å². The fourth-order valence-electron chi connectivity index (χ4n) is 8.60. The average molecular weight is 1110 g/mol. The molecule has 0 aliphatic carbocycles. The van der Waals surface area contributed by atoms with E-state index in [0.29, 0.717) is 23.2 Å². The van der Waals surface area contributed by atoms with Gasteiger partial charge in [-0.1, -0.05) is 84.0 Å². The Bertz CT molecular complexity index is 2810. The van der Waals surface area contributed by atoms with Crippen LogP contribution in [0.25, 0.3) is 10.9 Å². The lowest BCUT2D eigenvalue weighted by molar-refractivity contribution is -0.135. The summed E-state index contributed by atoms with van der Waals surface area (Å²) in [4.78, 5) is 150. The summed E-state index contributed by atoms with van der Waals surface area (Å²) in [7, 11) is 2.10. The van der Waals surface area contributed by atoms with Gasteiger partial charge in [0.1, 0.15) is 48.8 Å². The zero-order valence-electron chi connectivity index (χ0n) is 43.6. The van der Waals surface area contributed by atoms with Gasteiger partial charge >= 0.3 is 6.03 Å². The molecule has 4 aromatic rings. The lowest BCUT2D eigenvalue weighted by Crippen LogP contribution is -2.60. The second-order valence-corrected chi connectivity index (χ2v) is 22.0. The number of nitrogens with one attached hydrogen (secondary N) is 12. The van der Waals surface area contributed by atoms with Gasteiger partial charge in [-0.25, -0.2) is 9.78 Å². The molecule has 2 saturated heterocycles. The van der Waals surface area contributed by atoms with E-state index >= 15 is 0 Å². The van der Waals surface area contributed by atoms with Crippen molar-refractivity contribution in [1.82, 2.24) is 67.7 Å². The molecule has 2 aromatic heterocycles. The number of rotatable bonds is 16. The van der Waals surface area contributed by atoms with E-state index in [1.165, 1.54) is 26.4 Å². The molecule has 0 radical (unpaired) electrons. The lowest BCUT2D eigenvalue weighted by atomic mass is 10.0. The van der Waals surface area contributed by atoms with Gasteiger partial charge < -0.3 is 63.6 Å². The first-order valence-corrected chi connectivity index (χ1v) is 27.9. The number of amides is 10. The molecule has 0 saturated carbocycles. The highest BCUT2D eigenvalue weighted by Crippen LogP contribution is 2.25. The highest BCUT2D eigenvalue weighted by Gasteiger charge is 2.40. The molecule has 78 heavy (non-hydrogen) atoms. The number of Topliss-reactive ketones (excluding diaryl/α,β-unsaturated/α-hetero) is 1. The predicted molar refractivity (Wildman–Crippen MR) is 292 cm³/mol. The predicted octanol–water partition coefficient (Wildman–Crippen LogP) is -0.454. The number of fused-ring (bicyclic) bond motifs is 1. The summed E-state index contributed by atoms with van der Waals surface area (Å²) in [5, 5.41) is 32.6. The normalized spacial score (nSPS) is 23.5. The molecule has 2 aliphatic rings. The molecular weight excluding hydrogens is 1050 g/mol. The average Bonchev–Trinajstić information content (AvgIpc) is 4.17. The Kier molecular flexibility index (Phi) is 21.6. The van der Waals surface area contributed by atoms with Crippen LogP contribution >= 0.6 is 21.6 Å². The molecule has 2 aromatic carbocycles. The zero-order valence-corrected chi connectivity index (χ0v) is 45.2. The third-order valence-electron chi connectivity index (χ3n) is 12.8. The van der Waals surface area contributed by atoms with Gasteiger partial charge in [0.25, 0.3) is 5.91 Å². The molecule has 0 bridgehead atoms. The maximum atomic E-state index is 14.7. The van der Waals surface area contributed by atoms with E-state index in [0.717, 1.165) is 37.4 Å². The zero-order chi connectivity index (χ0) is 56.5. The van der Waals surface area contributed by atoms with Crippen molar-refractivity contribution in [1.29, 1.82) is 5.41 Å². The first-order valence-electron chi connectivity index (χ1n) is 25.4. The smallest absolute Gasteiger partial charge is 0.325 e. The van der Waals surface area contributed by atoms with Gasteiger partial charge in [-0.3, -0.25) is 53.5 Å². The summed E-state index contributed by atoms with van der Waals surface area (Å²) < 4.78 is 0. The first-order chi connectivity index (χ1) is 37.3. The number of nitrogens with two attached hydrogens (primary N) is 1. The third kappa shape index (κ3) is 17.3. The summed E-state index contributed by atoms with van der Waals surface area (Å²) in [6, 6.07) is 5.04.